The quantitative estimate of drug-likeness (QED) is 0.865. The smallest absolute Gasteiger partial charge is 0.118 e. The fourth-order valence-corrected chi connectivity index (χ4v) is 2.35. The number of aryl methyl sites for hydroxylation is 3. The summed E-state index contributed by atoms with van der Waals surface area (Å²) in [5.41, 5.74) is 4.58. The second-order valence-corrected chi connectivity index (χ2v) is 5.52. The first-order valence-corrected chi connectivity index (χ1v) is 7.42. The van der Waals surface area contributed by atoms with Crippen molar-refractivity contribution in [3.8, 4) is 5.75 Å². The van der Waals surface area contributed by atoms with E-state index in [1.807, 2.05) is 32.0 Å². The second kappa shape index (κ2) is 7.11. The van der Waals surface area contributed by atoms with Crippen molar-refractivity contribution in [2.45, 2.75) is 39.7 Å². The first kappa shape index (κ1) is 15.4. The minimum Gasteiger partial charge on any atom is -0.497 e. The van der Waals surface area contributed by atoms with E-state index in [1.165, 1.54) is 5.56 Å². The molecule has 0 saturated carbocycles. The van der Waals surface area contributed by atoms with Gasteiger partial charge in [0.15, 0.2) is 0 Å². The Labute approximate surface area is 127 Å². The molecular weight excluding hydrogens is 260 g/mol. The molecule has 0 aliphatic carbocycles. The van der Waals surface area contributed by atoms with Gasteiger partial charge in [-0.1, -0.05) is 12.1 Å². The van der Waals surface area contributed by atoms with Crippen molar-refractivity contribution in [2.75, 3.05) is 12.4 Å². The molecule has 0 amide bonds. The van der Waals surface area contributed by atoms with Gasteiger partial charge in [-0.3, -0.25) is 4.98 Å². The van der Waals surface area contributed by atoms with Crippen molar-refractivity contribution in [3.63, 3.8) is 0 Å². The highest BCUT2D eigenvalue weighted by molar-refractivity contribution is 5.48. The fraction of sp³-hybridized carbons (Fsp3) is 0.389. The van der Waals surface area contributed by atoms with E-state index in [9.17, 15) is 0 Å². The highest BCUT2D eigenvalue weighted by atomic mass is 16.5. The van der Waals surface area contributed by atoms with Crippen LogP contribution in [-0.4, -0.2) is 18.1 Å². The summed E-state index contributed by atoms with van der Waals surface area (Å²) in [4.78, 5) is 4.49. The van der Waals surface area contributed by atoms with E-state index in [0.717, 1.165) is 35.7 Å². The van der Waals surface area contributed by atoms with Crippen molar-refractivity contribution in [1.29, 1.82) is 0 Å². The van der Waals surface area contributed by atoms with Crippen LogP contribution in [0.2, 0.25) is 0 Å². The van der Waals surface area contributed by atoms with Crippen LogP contribution in [0, 0.1) is 13.8 Å². The van der Waals surface area contributed by atoms with Crippen molar-refractivity contribution in [3.05, 3.63) is 53.3 Å². The number of rotatable bonds is 6. The lowest BCUT2D eigenvalue weighted by Crippen LogP contribution is -2.17. The van der Waals surface area contributed by atoms with E-state index in [0.29, 0.717) is 6.04 Å². The molecule has 2 aromatic rings. The summed E-state index contributed by atoms with van der Waals surface area (Å²) in [5, 5.41) is 3.54. The lowest BCUT2D eigenvalue weighted by Gasteiger charge is -2.17. The van der Waals surface area contributed by atoms with Crippen molar-refractivity contribution in [1.82, 2.24) is 4.98 Å². The molecule has 0 radical (unpaired) electrons. The molecule has 0 bridgehead atoms. The molecule has 1 atom stereocenters. The maximum absolute atomic E-state index is 5.18. The van der Waals surface area contributed by atoms with Crippen LogP contribution in [0.15, 0.2) is 36.4 Å². The Morgan fingerprint density at radius 2 is 1.81 bits per heavy atom. The highest BCUT2D eigenvalue weighted by Crippen LogP contribution is 2.17. The van der Waals surface area contributed by atoms with Gasteiger partial charge in [-0.2, -0.15) is 0 Å². The third-order valence-corrected chi connectivity index (χ3v) is 3.65. The molecule has 0 aliphatic rings. The molecule has 1 heterocycles. The van der Waals surface area contributed by atoms with Crippen LogP contribution in [-0.2, 0) is 6.42 Å². The normalized spacial score (nSPS) is 12.0. The number of benzene rings is 1. The Kier molecular flexibility index (Phi) is 5.20. The molecule has 1 N–H and O–H groups in total. The molecule has 112 valence electrons. The third kappa shape index (κ3) is 4.48. The van der Waals surface area contributed by atoms with Gasteiger partial charge >= 0.3 is 0 Å². The van der Waals surface area contributed by atoms with Gasteiger partial charge < -0.3 is 10.1 Å². The zero-order valence-electron chi connectivity index (χ0n) is 13.3. The summed E-state index contributed by atoms with van der Waals surface area (Å²) in [7, 11) is 1.69. The molecule has 3 heteroatoms. The number of hydrogen-bond acceptors (Lipinski definition) is 3. The summed E-state index contributed by atoms with van der Waals surface area (Å²) in [5.74, 6) is 0.909. The van der Waals surface area contributed by atoms with Crippen molar-refractivity contribution >= 4 is 5.69 Å². The van der Waals surface area contributed by atoms with E-state index < -0.39 is 0 Å². The van der Waals surface area contributed by atoms with Gasteiger partial charge in [0.1, 0.15) is 5.75 Å². The summed E-state index contributed by atoms with van der Waals surface area (Å²) >= 11 is 0. The maximum atomic E-state index is 5.18. The van der Waals surface area contributed by atoms with Crippen LogP contribution in [0.3, 0.4) is 0 Å². The molecule has 0 saturated heterocycles. The van der Waals surface area contributed by atoms with Crippen LogP contribution in [0.5, 0.6) is 5.75 Å². The van der Waals surface area contributed by atoms with Crippen molar-refractivity contribution < 1.29 is 4.74 Å². The predicted molar refractivity (Wildman–Crippen MR) is 88.1 cm³/mol. The standard InChI is InChI=1S/C18H24N2O/c1-13-6-12-18(15(3)19-13)20-14(2)5-7-16-8-10-17(21-4)11-9-16/h6,8-12,14,20H,5,7H2,1-4H3. The number of aromatic nitrogens is 1. The Hall–Kier alpha value is -2.03. The molecule has 1 unspecified atom stereocenters. The van der Waals surface area contributed by atoms with Crippen LogP contribution >= 0.6 is 0 Å². The number of nitrogens with one attached hydrogen (secondary N) is 1. The number of nitrogens with zero attached hydrogens (tertiary/aromatic N) is 1. The van der Waals surface area contributed by atoms with Gasteiger partial charge in [-0.05, 0) is 63.4 Å². The second-order valence-electron chi connectivity index (χ2n) is 5.52. The van der Waals surface area contributed by atoms with Crippen molar-refractivity contribution in [2.24, 2.45) is 0 Å². The highest BCUT2D eigenvalue weighted by Gasteiger charge is 2.06. The van der Waals surface area contributed by atoms with Crippen LogP contribution in [0.1, 0.15) is 30.3 Å². The molecule has 1 aromatic heterocycles. The number of pyridine rings is 1. The van der Waals surface area contributed by atoms with Gasteiger partial charge in [0.25, 0.3) is 0 Å². The molecule has 0 aliphatic heterocycles. The Balaban J connectivity index is 1.87. The van der Waals surface area contributed by atoms with E-state index in [2.05, 4.69) is 35.4 Å². The molecule has 0 fully saturated rings. The van der Waals surface area contributed by atoms with Gasteiger partial charge in [-0.15, -0.1) is 0 Å². The minimum atomic E-state index is 0.412. The summed E-state index contributed by atoms with van der Waals surface area (Å²) in [6.07, 6.45) is 2.14. The maximum Gasteiger partial charge on any atom is 0.118 e. The largest absolute Gasteiger partial charge is 0.497 e. The minimum absolute atomic E-state index is 0.412. The van der Waals surface area contributed by atoms with Gasteiger partial charge in [0.2, 0.25) is 0 Å². The molecule has 2 rings (SSSR count). The number of ether oxygens (including phenoxy) is 1. The molecule has 21 heavy (non-hydrogen) atoms. The third-order valence-electron chi connectivity index (χ3n) is 3.65. The van der Waals surface area contributed by atoms with E-state index in [-0.39, 0.29) is 0 Å². The van der Waals surface area contributed by atoms with Crippen LogP contribution in [0.4, 0.5) is 5.69 Å². The van der Waals surface area contributed by atoms with Gasteiger partial charge in [0, 0.05) is 11.7 Å². The Morgan fingerprint density at radius 3 is 2.43 bits per heavy atom. The SMILES string of the molecule is COc1ccc(CCC(C)Nc2ccc(C)nc2C)cc1. The Bertz CT molecular complexity index is 578. The van der Waals surface area contributed by atoms with Gasteiger partial charge in [-0.25, -0.2) is 0 Å². The van der Waals surface area contributed by atoms with E-state index >= 15 is 0 Å². The number of methoxy groups -OCH3 is 1. The lowest BCUT2D eigenvalue weighted by atomic mass is 10.1. The average Bonchev–Trinajstić information content (AvgIpc) is 2.48. The monoisotopic (exact) mass is 284 g/mol. The predicted octanol–water partition coefficient (Wildman–Crippen LogP) is 4.14. The lowest BCUT2D eigenvalue weighted by molar-refractivity contribution is 0.414. The summed E-state index contributed by atoms with van der Waals surface area (Å²) in [6, 6.07) is 12.9. The zero-order valence-corrected chi connectivity index (χ0v) is 13.3. The summed E-state index contributed by atoms with van der Waals surface area (Å²) in [6.45, 7) is 6.28. The molecule has 1 aromatic carbocycles. The van der Waals surface area contributed by atoms with E-state index in [1.54, 1.807) is 7.11 Å². The molecular formula is C18H24N2O. The van der Waals surface area contributed by atoms with E-state index in [4.69, 9.17) is 4.74 Å². The molecule has 3 nitrogen and oxygen atoms in total. The summed E-state index contributed by atoms with van der Waals surface area (Å²) < 4.78 is 5.18. The number of anilines is 1. The van der Waals surface area contributed by atoms with Crippen LogP contribution < -0.4 is 10.1 Å². The first-order valence-electron chi connectivity index (χ1n) is 7.42. The Morgan fingerprint density at radius 1 is 1.10 bits per heavy atom. The fourth-order valence-electron chi connectivity index (χ4n) is 2.35. The number of hydrogen-bond donors (Lipinski definition) is 1. The first-order chi connectivity index (χ1) is 10.1. The van der Waals surface area contributed by atoms with Crippen LogP contribution in [0.25, 0.3) is 0 Å². The average molecular weight is 284 g/mol. The molecule has 0 spiro atoms. The van der Waals surface area contributed by atoms with Gasteiger partial charge in [0.05, 0.1) is 18.5 Å². The zero-order chi connectivity index (χ0) is 15.2. The topological polar surface area (TPSA) is 34.1 Å².